The topological polar surface area (TPSA) is 37.8 Å². The van der Waals surface area contributed by atoms with Crippen LogP contribution in [0.3, 0.4) is 0 Å². The fraction of sp³-hybridized carbons (Fsp3) is 0.467. The van der Waals surface area contributed by atoms with E-state index < -0.39 is 11.7 Å². The largest absolute Gasteiger partial charge is 0.416 e. The summed E-state index contributed by atoms with van der Waals surface area (Å²) < 4.78 is 38.0. The highest BCUT2D eigenvalue weighted by atomic mass is 32.1. The third-order valence-electron chi connectivity index (χ3n) is 3.72. The quantitative estimate of drug-likeness (QED) is 0.929. The van der Waals surface area contributed by atoms with Crippen LogP contribution >= 0.6 is 11.3 Å². The zero-order valence-electron chi connectivity index (χ0n) is 11.9. The van der Waals surface area contributed by atoms with Crippen molar-refractivity contribution in [1.82, 2.24) is 15.5 Å². The molecule has 118 valence electrons. The van der Waals surface area contributed by atoms with Crippen LogP contribution in [0.2, 0.25) is 0 Å². The summed E-state index contributed by atoms with van der Waals surface area (Å²) in [5.41, 5.74) is 0.0728. The molecule has 0 spiro atoms. The van der Waals surface area contributed by atoms with E-state index in [-0.39, 0.29) is 0 Å². The lowest BCUT2D eigenvalue weighted by Gasteiger charge is -2.08. The molecule has 0 bridgehead atoms. The Hall–Kier alpha value is -1.47. The Morgan fingerprint density at radius 1 is 1.23 bits per heavy atom. The summed E-state index contributed by atoms with van der Waals surface area (Å²) in [6, 6.07) is 5.76. The molecule has 1 aliphatic rings. The minimum Gasteiger partial charge on any atom is -0.308 e. The number of halogens is 3. The first-order chi connectivity index (χ1) is 10.5. The number of benzene rings is 1. The molecule has 1 atom stereocenters. The average Bonchev–Trinajstić information content (AvgIpc) is 3.15. The van der Waals surface area contributed by atoms with E-state index in [4.69, 9.17) is 0 Å². The number of hydrogen-bond donors (Lipinski definition) is 1. The summed E-state index contributed by atoms with van der Waals surface area (Å²) in [6.45, 7) is 1.00. The van der Waals surface area contributed by atoms with Crippen LogP contribution in [0.5, 0.6) is 0 Å². The maximum atomic E-state index is 12.7. The van der Waals surface area contributed by atoms with Crippen LogP contribution in [0.1, 0.15) is 40.0 Å². The van der Waals surface area contributed by atoms with Crippen molar-refractivity contribution in [1.29, 1.82) is 0 Å². The molecule has 0 amide bonds. The molecule has 7 heteroatoms. The average molecular weight is 327 g/mol. The number of nitrogens with one attached hydrogen (secondary N) is 1. The van der Waals surface area contributed by atoms with E-state index in [9.17, 15) is 13.2 Å². The number of hydrogen-bond acceptors (Lipinski definition) is 4. The van der Waals surface area contributed by atoms with Gasteiger partial charge in [-0.05, 0) is 37.4 Å². The predicted molar refractivity (Wildman–Crippen MR) is 78.7 cm³/mol. The second-order valence-electron chi connectivity index (χ2n) is 5.38. The van der Waals surface area contributed by atoms with Gasteiger partial charge in [0.25, 0.3) is 0 Å². The molecular formula is C15H16F3N3S. The number of aromatic nitrogens is 2. The normalized spacial score (nSPS) is 18.8. The molecule has 2 aromatic rings. The molecule has 1 saturated heterocycles. The standard InChI is InChI=1S/C15H16F3N3S/c16-15(17,18)11-4-1-3-10(9-11)6-7-13-20-21-14(22-13)12-5-2-8-19-12/h1,3-4,9,12,19H,2,5-8H2. The van der Waals surface area contributed by atoms with Gasteiger partial charge >= 0.3 is 6.18 Å². The predicted octanol–water partition coefficient (Wildman–Crippen LogP) is 3.77. The molecule has 1 aliphatic heterocycles. The monoisotopic (exact) mass is 327 g/mol. The fourth-order valence-corrected chi connectivity index (χ4v) is 3.51. The highest BCUT2D eigenvalue weighted by Crippen LogP contribution is 2.30. The maximum absolute atomic E-state index is 12.7. The van der Waals surface area contributed by atoms with E-state index in [0.29, 0.717) is 24.4 Å². The molecule has 1 unspecified atom stereocenters. The molecule has 1 N–H and O–H groups in total. The lowest BCUT2D eigenvalue weighted by molar-refractivity contribution is -0.137. The molecule has 22 heavy (non-hydrogen) atoms. The summed E-state index contributed by atoms with van der Waals surface area (Å²) in [6.07, 6.45) is -0.922. The summed E-state index contributed by atoms with van der Waals surface area (Å²) in [5.74, 6) is 0. The number of rotatable bonds is 4. The van der Waals surface area contributed by atoms with Crippen molar-refractivity contribution in [3.8, 4) is 0 Å². The van der Waals surface area contributed by atoms with E-state index in [1.165, 1.54) is 12.1 Å². The Bertz CT molecular complexity index is 633. The summed E-state index contributed by atoms with van der Waals surface area (Å²) in [7, 11) is 0. The van der Waals surface area contributed by atoms with Crippen molar-refractivity contribution < 1.29 is 13.2 Å². The summed E-state index contributed by atoms with van der Waals surface area (Å²) >= 11 is 1.55. The van der Waals surface area contributed by atoms with Crippen molar-refractivity contribution in [3.63, 3.8) is 0 Å². The molecular weight excluding hydrogens is 311 g/mol. The van der Waals surface area contributed by atoms with Gasteiger partial charge in [0, 0.05) is 6.42 Å². The highest BCUT2D eigenvalue weighted by molar-refractivity contribution is 7.11. The smallest absolute Gasteiger partial charge is 0.308 e. The van der Waals surface area contributed by atoms with Gasteiger partial charge in [0.2, 0.25) is 0 Å². The third kappa shape index (κ3) is 3.64. The lowest BCUT2D eigenvalue weighted by atomic mass is 10.1. The molecule has 0 radical (unpaired) electrons. The maximum Gasteiger partial charge on any atom is 0.416 e. The Morgan fingerprint density at radius 3 is 2.82 bits per heavy atom. The molecule has 0 saturated carbocycles. The molecule has 1 aromatic carbocycles. The van der Waals surface area contributed by atoms with Crippen molar-refractivity contribution in [2.24, 2.45) is 0 Å². The van der Waals surface area contributed by atoms with E-state index in [1.54, 1.807) is 17.4 Å². The van der Waals surface area contributed by atoms with Gasteiger partial charge in [-0.1, -0.05) is 29.5 Å². The van der Waals surface area contributed by atoms with Crippen LogP contribution < -0.4 is 5.32 Å². The van der Waals surface area contributed by atoms with E-state index in [2.05, 4.69) is 15.5 Å². The number of alkyl halides is 3. The van der Waals surface area contributed by atoms with E-state index >= 15 is 0 Å². The second-order valence-corrected chi connectivity index (χ2v) is 6.47. The minimum absolute atomic E-state index is 0.291. The first-order valence-corrected chi connectivity index (χ1v) is 8.06. The van der Waals surface area contributed by atoms with Crippen LogP contribution in [-0.4, -0.2) is 16.7 Å². The van der Waals surface area contributed by atoms with Gasteiger partial charge in [0.1, 0.15) is 10.0 Å². The highest BCUT2D eigenvalue weighted by Gasteiger charge is 2.30. The Morgan fingerprint density at radius 2 is 2.09 bits per heavy atom. The van der Waals surface area contributed by atoms with E-state index in [0.717, 1.165) is 35.5 Å². The van der Waals surface area contributed by atoms with Gasteiger partial charge in [-0.15, -0.1) is 10.2 Å². The van der Waals surface area contributed by atoms with Gasteiger partial charge < -0.3 is 5.32 Å². The molecule has 0 aliphatic carbocycles. The van der Waals surface area contributed by atoms with Gasteiger partial charge in [-0.25, -0.2) is 0 Å². The number of aryl methyl sites for hydroxylation is 2. The van der Waals surface area contributed by atoms with Crippen molar-refractivity contribution in [2.75, 3.05) is 6.54 Å². The van der Waals surface area contributed by atoms with Crippen LogP contribution in [0.15, 0.2) is 24.3 Å². The van der Waals surface area contributed by atoms with Gasteiger partial charge in [0.15, 0.2) is 0 Å². The van der Waals surface area contributed by atoms with Crippen molar-refractivity contribution >= 4 is 11.3 Å². The molecule has 1 aromatic heterocycles. The van der Waals surface area contributed by atoms with Crippen LogP contribution in [0, 0.1) is 0 Å². The van der Waals surface area contributed by atoms with E-state index in [1.807, 2.05) is 0 Å². The Balaban J connectivity index is 1.63. The van der Waals surface area contributed by atoms with Crippen LogP contribution in [0.25, 0.3) is 0 Å². The first-order valence-electron chi connectivity index (χ1n) is 7.24. The fourth-order valence-electron chi connectivity index (χ4n) is 2.56. The molecule has 2 heterocycles. The van der Waals surface area contributed by atoms with Gasteiger partial charge in [-0.3, -0.25) is 0 Å². The van der Waals surface area contributed by atoms with Crippen molar-refractivity contribution in [3.05, 3.63) is 45.4 Å². The summed E-state index contributed by atoms with van der Waals surface area (Å²) in [4.78, 5) is 0. The zero-order chi connectivity index (χ0) is 15.6. The zero-order valence-corrected chi connectivity index (χ0v) is 12.7. The molecule has 3 nitrogen and oxygen atoms in total. The minimum atomic E-state index is -4.29. The lowest BCUT2D eigenvalue weighted by Crippen LogP contribution is -2.12. The summed E-state index contributed by atoms with van der Waals surface area (Å²) in [5, 5.41) is 13.6. The number of nitrogens with zero attached hydrogens (tertiary/aromatic N) is 2. The third-order valence-corrected chi connectivity index (χ3v) is 4.82. The second kappa shape index (κ2) is 6.34. The Kier molecular flexibility index (Phi) is 4.44. The van der Waals surface area contributed by atoms with Crippen LogP contribution in [-0.2, 0) is 19.0 Å². The molecule has 1 fully saturated rings. The first kappa shape index (κ1) is 15.4. The Labute approximate surface area is 130 Å². The van der Waals surface area contributed by atoms with Crippen LogP contribution in [0.4, 0.5) is 13.2 Å². The van der Waals surface area contributed by atoms with Gasteiger partial charge in [0.05, 0.1) is 11.6 Å². The van der Waals surface area contributed by atoms with Gasteiger partial charge in [-0.2, -0.15) is 13.2 Å². The molecule has 3 rings (SSSR count). The SMILES string of the molecule is FC(F)(F)c1cccc(CCc2nnc(C3CCCN3)s2)c1. The van der Waals surface area contributed by atoms with Crippen molar-refractivity contribution in [2.45, 2.75) is 37.9 Å².